The van der Waals surface area contributed by atoms with Crippen molar-refractivity contribution >= 4 is 23.2 Å². The quantitative estimate of drug-likeness (QED) is 0.942. The zero-order valence-corrected chi connectivity index (χ0v) is 11.9. The maximum absolute atomic E-state index is 12.0. The van der Waals surface area contributed by atoms with Crippen molar-refractivity contribution in [3.63, 3.8) is 0 Å². The van der Waals surface area contributed by atoms with Gasteiger partial charge in [-0.2, -0.15) is 0 Å². The van der Waals surface area contributed by atoms with E-state index in [-0.39, 0.29) is 18.0 Å². The Morgan fingerprint density at radius 3 is 2.85 bits per heavy atom. The number of anilines is 1. The number of hydrogen-bond acceptors (Lipinski definition) is 3. The summed E-state index contributed by atoms with van der Waals surface area (Å²) in [5.41, 5.74) is 1.59. The van der Waals surface area contributed by atoms with Gasteiger partial charge in [-0.3, -0.25) is 14.2 Å². The van der Waals surface area contributed by atoms with Crippen LogP contribution in [-0.4, -0.2) is 15.5 Å². The molecule has 0 aliphatic carbocycles. The Morgan fingerprint density at radius 2 is 2.15 bits per heavy atom. The number of rotatable bonds is 3. The molecule has 1 N–H and O–H groups in total. The van der Waals surface area contributed by atoms with E-state index in [0.29, 0.717) is 22.0 Å². The number of carbonyl (C=O) groups excluding carboxylic acids is 1. The molecular weight excluding hydrogens is 278 g/mol. The zero-order valence-electron chi connectivity index (χ0n) is 11.2. The molecule has 0 spiro atoms. The second-order valence-electron chi connectivity index (χ2n) is 4.45. The lowest BCUT2D eigenvalue weighted by Crippen LogP contribution is -2.29. The van der Waals surface area contributed by atoms with Gasteiger partial charge in [0.1, 0.15) is 6.54 Å². The molecule has 0 fully saturated rings. The molecule has 0 aliphatic rings. The van der Waals surface area contributed by atoms with Gasteiger partial charge < -0.3 is 5.32 Å². The molecule has 0 bridgehead atoms. The van der Waals surface area contributed by atoms with E-state index >= 15 is 0 Å². The van der Waals surface area contributed by atoms with Crippen LogP contribution < -0.4 is 10.9 Å². The highest BCUT2D eigenvalue weighted by Crippen LogP contribution is 2.14. The summed E-state index contributed by atoms with van der Waals surface area (Å²) in [5, 5.41) is 3.22. The Morgan fingerprint density at radius 1 is 1.40 bits per heavy atom. The summed E-state index contributed by atoms with van der Waals surface area (Å²) in [7, 11) is 0. The minimum atomic E-state index is -0.306. The fourth-order valence-electron chi connectivity index (χ4n) is 1.71. The lowest BCUT2D eigenvalue weighted by atomic mass is 10.3. The van der Waals surface area contributed by atoms with Gasteiger partial charge in [0.25, 0.3) is 5.56 Å². The highest BCUT2D eigenvalue weighted by atomic mass is 35.5. The molecule has 6 heteroatoms. The predicted molar refractivity (Wildman–Crippen MR) is 78.1 cm³/mol. The highest BCUT2D eigenvalue weighted by molar-refractivity contribution is 6.30. The van der Waals surface area contributed by atoms with Crippen molar-refractivity contribution in [1.29, 1.82) is 0 Å². The van der Waals surface area contributed by atoms with E-state index in [4.69, 9.17) is 11.6 Å². The monoisotopic (exact) mass is 291 g/mol. The second kappa shape index (κ2) is 5.88. The van der Waals surface area contributed by atoms with Gasteiger partial charge in [-0.1, -0.05) is 17.7 Å². The van der Waals surface area contributed by atoms with E-state index in [1.807, 2.05) is 0 Å². The number of nitrogens with one attached hydrogen (secondary N) is 1. The molecule has 0 unspecified atom stereocenters. The number of aromatic nitrogens is 2. The zero-order chi connectivity index (χ0) is 14.7. The van der Waals surface area contributed by atoms with Crippen LogP contribution in [0.15, 0.2) is 35.4 Å². The number of carbonyl (C=O) groups is 1. The van der Waals surface area contributed by atoms with E-state index in [2.05, 4.69) is 10.3 Å². The number of amides is 1. The average Bonchev–Trinajstić information content (AvgIpc) is 2.39. The van der Waals surface area contributed by atoms with Crippen LogP contribution >= 0.6 is 11.6 Å². The molecule has 0 aliphatic heterocycles. The molecule has 1 aromatic carbocycles. The molecular formula is C14H14ClN3O2. The van der Waals surface area contributed by atoms with Crippen molar-refractivity contribution in [3.8, 4) is 0 Å². The molecule has 5 nitrogen and oxygen atoms in total. The normalized spacial score (nSPS) is 10.3. The van der Waals surface area contributed by atoms with Crippen molar-refractivity contribution in [2.75, 3.05) is 5.32 Å². The molecule has 0 atom stereocenters. The first-order chi connectivity index (χ1) is 9.47. The van der Waals surface area contributed by atoms with Crippen molar-refractivity contribution in [3.05, 3.63) is 57.2 Å². The van der Waals surface area contributed by atoms with Gasteiger partial charge in [0.15, 0.2) is 0 Å². The van der Waals surface area contributed by atoms with Crippen LogP contribution in [0.1, 0.15) is 11.3 Å². The fourth-order valence-corrected chi connectivity index (χ4v) is 1.90. The molecule has 2 rings (SSSR count). The second-order valence-corrected chi connectivity index (χ2v) is 4.88. The molecule has 20 heavy (non-hydrogen) atoms. The van der Waals surface area contributed by atoms with Crippen LogP contribution in [0.2, 0.25) is 5.02 Å². The Balaban J connectivity index is 2.13. The number of halogens is 1. The summed E-state index contributed by atoms with van der Waals surface area (Å²) in [6.45, 7) is 3.36. The van der Waals surface area contributed by atoms with Crippen LogP contribution in [0.3, 0.4) is 0 Å². The number of benzene rings is 1. The van der Waals surface area contributed by atoms with Gasteiger partial charge in [-0.05, 0) is 32.0 Å². The Labute approximate surface area is 121 Å². The van der Waals surface area contributed by atoms with Crippen LogP contribution in [0, 0.1) is 13.8 Å². The van der Waals surface area contributed by atoms with E-state index in [1.54, 1.807) is 38.1 Å². The van der Waals surface area contributed by atoms with E-state index < -0.39 is 0 Å². The highest BCUT2D eigenvalue weighted by Gasteiger charge is 2.08. The fraction of sp³-hybridized carbons (Fsp3) is 0.214. The van der Waals surface area contributed by atoms with Gasteiger partial charge in [0.05, 0.1) is 6.33 Å². The maximum Gasteiger partial charge on any atom is 0.256 e. The van der Waals surface area contributed by atoms with E-state index in [9.17, 15) is 9.59 Å². The first-order valence-corrected chi connectivity index (χ1v) is 6.43. The summed E-state index contributed by atoms with van der Waals surface area (Å²) in [4.78, 5) is 27.9. The predicted octanol–water partition coefficient (Wildman–Crippen LogP) is 2.15. The summed E-state index contributed by atoms with van der Waals surface area (Å²) < 4.78 is 1.28. The Hall–Kier alpha value is -2.14. The maximum atomic E-state index is 12.0. The van der Waals surface area contributed by atoms with Crippen molar-refractivity contribution in [2.24, 2.45) is 0 Å². The first-order valence-electron chi connectivity index (χ1n) is 6.05. The summed E-state index contributed by atoms with van der Waals surface area (Å²) in [6.07, 6.45) is 1.38. The number of aryl methyl sites for hydroxylation is 1. The Kier molecular flexibility index (Phi) is 4.20. The third-order valence-electron chi connectivity index (χ3n) is 2.94. The molecule has 2 aromatic rings. The third-order valence-corrected chi connectivity index (χ3v) is 3.17. The molecule has 0 saturated carbocycles. The van der Waals surface area contributed by atoms with Crippen LogP contribution in [0.4, 0.5) is 5.69 Å². The van der Waals surface area contributed by atoms with Gasteiger partial charge in [0, 0.05) is 22.0 Å². The lowest BCUT2D eigenvalue weighted by molar-refractivity contribution is -0.116. The van der Waals surface area contributed by atoms with Gasteiger partial charge in [-0.25, -0.2) is 4.98 Å². The average molecular weight is 292 g/mol. The van der Waals surface area contributed by atoms with E-state index in [1.165, 1.54) is 10.9 Å². The molecule has 1 heterocycles. The molecule has 0 saturated heterocycles. The number of nitrogens with zero attached hydrogens (tertiary/aromatic N) is 2. The minimum absolute atomic E-state index is 0.0839. The van der Waals surface area contributed by atoms with Crippen LogP contribution in [-0.2, 0) is 11.3 Å². The van der Waals surface area contributed by atoms with E-state index in [0.717, 1.165) is 0 Å². The van der Waals surface area contributed by atoms with Crippen LogP contribution in [0.5, 0.6) is 0 Å². The van der Waals surface area contributed by atoms with Gasteiger partial charge in [-0.15, -0.1) is 0 Å². The van der Waals surface area contributed by atoms with Gasteiger partial charge in [0.2, 0.25) is 5.91 Å². The summed E-state index contributed by atoms with van der Waals surface area (Å²) >= 11 is 5.84. The molecule has 104 valence electrons. The topological polar surface area (TPSA) is 64.0 Å². The largest absolute Gasteiger partial charge is 0.324 e. The van der Waals surface area contributed by atoms with Crippen molar-refractivity contribution in [1.82, 2.24) is 9.55 Å². The first kappa shape index (κ1) is 14.3. The lowest BCUT2D eigenvalue weighted by Gasteiger charge is -2.08. The smallest absolute Gasteiger partial charge is 0.256 e. The Bertz CT molecular complexity index is 710. The molecule has 0 radical (unpaired) electrons. The summed E-state index contributed by atoms with van der Waals surface area (Å²) in [6, 6.07) is 6.82. The van der Waals surface area contributed by atoms with Crippen molar-refractivity contribution < 1.29 is 4.79 Å². The standard InChI is InChI=1S/C14H14ClN3O2/c1-9-10(2)16-8-18(14(9)20)7-13(19)17-12-5-3-4-11(15)6-12/h3-6,8H,7H2,1-2H3,(H,17,19). The molecule has 1 aromatic heterocycles. The van der Waals surface area contributed by atoms with Crippen molar-refractivity contribution in [2.45, 2.75) is 20.4 Å². The minimum Gasteiger partial charge on any atom is -0.324 e. The van der Waals surface area contributed by atoms with Crippen LogP contribution in [0.25, 0.3) is 0 Å². The molecule has 1 amide bonds. The SMILES string of the molecule is Cc1ncn(CC(=O)Nc2cccc(Cl)c2)c(=O)c1C. The number of hydrogen-bond donors (Lipinski definition) is 1. The third kappa shape index (κ3) is 3.24. The summed E-state index contributed by atoms with van der Waals surface area (Å²) in [5.74, 6) is -0.306. The van der Waals surface area contributed by atoms with Gasteiger partial charge >= 0.3 is 0 Å².